The zero-order valence-corrected chi connectivity index (χ0v) is 18.9. The molecule has 1 aliphatic heterocycles. The van der Waals surface area contributed by atoms with Crippen LogP contribution < -0.4 is 5.46 Å². The number of rotatable bonds is 6. The Balaban J connectivity index is 1.73. The van der Waals surface area contributed by atoms with Gasteiger partial charge >= 0.3 is 19.0 Å². The van der Waals surface area contributed by atoms with Gasteiger partial charge in [0.25, 0.3) is 0 Å². The number of aryl methyl sites for hydroxylation is 1. The van der Waals surface area contributed by atoms with E-state index in [2.05, 4.69) is 0 Å². The molecule has 1 saturated heterocycles. The standard InChI is InChI=1S/C24H22BNO6S/c1-17-13-15-21(16-14-17)33(29,30)26-22(18(2)31-23(27)19-9-5-3-6-10-19)24(28)32-25(26)20-11-7-4-8-12-20/h3-16,18,22H,1-2H3/t18-,22?/m1/s1. The van der Waals surface area contributed by atoms with Gasteiger partial charge in [0.2, 0.25) is 10.0 Å². The van der Waals surface area contributed by atoms with Crippen LogP contribution in [0.2, 0.25) is 0 Å². The molecule has 0 aromatic heterocycles. The maximum Gasteiger partial charge on any atom is 0.502 e. The van der Waals surface area contributed by atoms with Gasteiger partial charge < -0.3 is 9.39 Å². The number of hydrogen-bond donors (Lipinski definition) is 0. The number of ether oxygens (including phenoxy) is 1. The second kappa shape index (κ2) is 9.21. The Hall–Kier alpha value is -3.43. The summed E-state index contributed by atoms with van der Waals surface area (Å²) < 4.78 is 39.4. The quantitative estimate of drug-likeness (QED) is 0.413. The fraction of sp³-hybridized carbons (Fsp3) is 0.167. The first-order valence-corrected chi connectivity index (χ1v) is 11.8. The van der Waals surface area contributed by atoms with Gasteiger partial charge in [-0.05, 0) is 43.6 Å². The van der Waals surface area contributed by atoms with Gasteiger partial charge in [-0.25, -0.2) is 13.2 Å². The van der Waals surface area contributed by atoms with E-state index in [4.69, 9.17) is 9.39 Å². The molecule has 168 valence electrons. The molecular formula is C24H22BNO6S. The zero-order chi connectivity index (χ0) is 23.6. The van der Waals surface area contributed by atoms with Crippen LogP contribution in [0.5, 0.6) is 0 Å². The van der Waals surface area contributed by atoms with Gasteiger partial charge in [-0.1, -0.05) is 66.2 Å². The molecule has 3 aromatic carbocycles. The third-order valence-corrected chi connectivity index (χ3v) is 7.24. The summed E-state index contributed by atoms with van der Waals surface area (Å²) in [6.45, 7) is 3.33. The van der Waals surface area contributed by atoms with E-state index in [0.717, 1.165) is 9.78 Å². The molecule has 33 heavy (non-hydrogen) atoms. The van der Waals surface area contributed by atoms with E-state index in [1.807, 2.05) is 6.92 Å². The van der Waals surface area contributed by atoms with Crippen LogP contribution in [0.15, 0.2) is 89.8 Å². The highest BCUT2D eigenvalue weighted by Crippen LogP contribution is 2.29. The predicted molar refractivity (Wildman–Crippen MR) is 123 cm³/mol. The third-order valence-electron chi connectivity index (χ3n) is 5.40. The Morgan fingerprint density at radius 3 is 2.15 bits per heavy atom. The minimum absolute atomic E-state index is 0.0129. The van der Waals surface area contributed by atoms with E-state index in [0.29, 0.717) is 11.0 Å². The summed E-state index contributed by atoms with van der Waals surface area (Å²) in [7, 11) is -5.37. The summed E-state index contributed by atoms with van der Waals surface area (Å²) in [4.78, 5) is 25.5. The molecule has 0 amide bonds. The molecule has 0 radical (unpaired) electrons. The molecule has 0 aliphatic carbocycles. The molecule has 2 atom stereocenters. The van der Waals surface area contributed by atoms with Crippen molar-refractivity contribution in [3.63, 3.8) is 0 Å². The minimum Gasteiger partial charge on any atom is -0.514 e. The van der Waals surface area contributed by atoms with Crippen molar-refractivity contribution in [2.45, 2.75) is 30.9 Å². The van der Waals surface area contributed by atoms with Crippen molar-refractivity contribution in [1.29, 1.82) is 0 Å². The first-order valence-electron chi connectivity index (χ1n) is 10.4. The largest absolute Gasteiger partial charge is 0.514 e. The minimum atomic E-state index is -4.18. The highest BCUT2D eigenvalue weighted by Gasteiger charge is 2.56. The van der Waals surface area contributed by atoms with Crippen LogP contribution in [-0.4, -0.2) is 43.8 Å². The summed E-state index contributed by atoms with van der Waals surface area (Å²) in [5, 5.41) is 0. The first-order chi connectivity index (χ1) is 15.8. The van der Waals surface area contributed by atoms with Gasteiger partial charge in [0.1, 0.15) is 6.10 Å². The van der Waals surface area contributed by atoms with Crippen LogP contribution in [0, 0.1) is 6.92 Å². The molecule has 7 nitrogen and oxygen atoms in total. The number of esters is 1. The average molecular weight is 463 g/mol. The maximum atomic E-state index is 13.7. The van der Waals surface area contributed by atoms with Crippen LogP contribution in [-0.2, 0) is 24.2 Å². The molecule has 0 spiro atoms. The van der Waals surface area contributed by atoms with Crippen LogP contribution >= 0.6 is 0 Å². The van der Waals surface area contributed by atoms with Crippen molar-refractivity contribution in [3.05, 3.63) is 96.1 Å². The number of carbonyl (C=O) groups is 2. The van der Waals surface area contributed by atoms with Crippen molar-refractivity contribution in [2.24, 2.45) is 0 Å². The Morgan fingerprint density at radius 1 is 0.970 bits per heavy atom. The summed E-state index contributed by atoms with van der Waals surface area (Å²) in [5.74, 6) is -1.44. The topological polar surface area (TPSA) is 90.0 Å². The predicted octanol–water partition coefficient (Wildman–Crippen LogP) is 2.55. The fourth-order valence-corrected chi connectivity index (χ4v) is 5.39. The van der Waals surface area contributed by atoms with Gasteiger partial charge in [-0.2, -0.15) is 4.22 Å². The van der Waals surface area contributed by atoms with Crippen molar-refractivity contribution >= 4 is 34.5 Å². The third kappa shape index (κ3) is 4.55. The number of nitrogens with zero attached hydrogens (tertiary/aromatic N) is 1. The van der Waals surface area contributed by atoms with Gasteiger partial charge in [0.05, 0.1) is 10.5 Å². The Kier molecular flexibility index (Phi) is 6.35. The normalized spacial score (nSPS) is 17.5. The Bertz CT molecular complexity index is 1250. The summed E-state index contributed by atoms with van der Waals surface area (Å²) in [6, 6.07) is 21.8. The number of carbonyl (C=O) groups excluding carboxylic acids is 2. The highest BCUT2D eigenvalue weighted by atomic mass is 32.2. The monoisotopic (exact) mass is 463 g/mol. The number of benzene rings is 3. The molecule has 0 N–H and O–H groups in total. The van der Waals surface area contributed by atoms with E-state index in [1.165, 1.54) is 19.1 Å². The highest BCUT2D eigenvalue weighted by molar-refractivity contribution is 7.90. The fourth-order valence-electron chi connectivity index (χ4n) is 3.70. The molecule has 0 bridgehead atoms. The summed E-state index contributed by atoms with van der Waals surface area (Å²) in [5.41, 5.74) is 1.68. The van der Waals surface area contributed by atoms with Gasteiger partial charge in [0, 0.05) is 0 Å². The summed E-state index contributed by atoms with van der Waals surface area (Å²) >= 11 is 0. The van der Waals surface area contributed by atoms with Crippen molar-refractivity contribution < 1.29 is 27.4 Å². The SMILES string of the molecule is Cc1ccc(S(=O)(=O)N2B(c3ccccc3)OC(=O)C2[C@@H](C)OC(=O)c2ccccc2)cc1. The van der Waals surface area contributed by atoms with E-state index >= 15 is 0 Å². The molecule has 1 heterocycles. The maximum absolute atomic E-state index is 13.7. The second-order valence-electron chi connectivity index (χ2n) is 7.77. The molecular weight excluding hydrogens is 441 g/mol. The Labute approximate surface area is 193 Å². The average Bonchev–Trinajstić information content (AvgIpc) is 3.18. The lowest BCUT2D eigenvalue weighted by molar-refractivity contribution is -0.136. The molecule has 9 heteroatoms. The van der Waals surface area contributed by atoms with Gasteiger partial charge in [0.15, 0.2) is 6.04 Å². The second-order valence-corrected chi connectivity index (χ2v) is 9.61. The van der Waals surface area contributed by atoms with Crippen LogP contribution in [0.1, 0.15) is 22.8 Å². The van der Waals surface area contributed by atoms with Crippen molar-refractivity contribution in [1.82, 2.24) is 4.22 Å². The van der Waals surface area contributed by atoms with Gasteiger partial charge in [-0.15, -0.1) is 0 Å². The Morgan fingerprint density at radius 2 is 1.55 bits per heavy atom. The van der Waals surface area contributed by atoms with Crippen molar-refractivity contribution in [2.75, 3.05) is 0 Å². The molecule has 1 fully saturated rings. The van der Waals surface area contributed by atoms with Crippen molar-refractivity contribution in [3.8, 4) is 0 Å². The number of sulfonamides is 1. The first kappa shape index (κ1) is 22.8. The molecule has 1 unspecified atom stereocenters. The van der Waals surface area contributed by atoms with E-state index in [-0.39, 0.29) is 4.90 Å². The van der Waals surface area contributed by atoms with Crippen LogP contribution in [0.25, 0.3) is 0 Å². The van der Waals surface area contributed by atoms with Gasteiger partial charge in [-0.3, -0.25) is 4.79 Å². The van der Waals surface area contributed by atoms with Crippen LogP contribution in [0.4, 0.5) is 0 Å². The summed E-state index contributed by atoms with van der Waals surface area (Å²) in [6.07, 6.45) is -1.10. The lowest BCUT2D eigenvalue weighted by Gasteiger charge is -2.27. The lowest BCUT2D eigenvalue weighted by Crippen LogP contribution is -2.54. The zero-order valence-electron chi connectivity index (χ0n) is 18.1. The van der Waals surface area contributed by atoms with E-state index in [1.54, 1.807) is 72.8 Å². The molecule has 0 saturated carbocycles. The number of hydrogen-bond acceptors (Lipinski definition) is 6. The lowest BCUT2D eigenvalue weighted by atomic mass is 9.74. The molecule has 4 rings (SSSR count). The van der Waals surface area contributed by atoms with Crippen LogP contribution in [0.3, 0.4) is 0 Å². The molecule has 1 aliphatic rings. The van der Waals surface area contributed by atoms with E-state index < -0.39 is 41.2 Å². The van der Waals surface area contributed by atoms with E-state index in [9.17, 15) is 18.0 Å². The molecule has 3 aromatic rings. The smallest absolute Gasteiger partial charge is 0.502 e.